The fraction of sp³-hybridized carbons (Fsp3) is 0.424. The number of nitrogens with zero attached hydrogens (tertiary/aromatic N) is 1. The lowest BCUT2D eigenvalue weighted by Gasteiger charge is -2.54. The highest BCUT2D eigenvalue weighted by Crippen LogP contribution is 2.54. The van der Waals surface area contributed by atoms with Gasteiger partial charge in [0, 0.05) is 19.1 Å². The van der Waals surface area contributed by atoms with Crippen LogP contribution < -0.4 is 10.2 Å². The van der Waals surface area contributed by atoms with Crippen LogP contribution in [0.1, 0.15) is 60.5 Å². The summed E-state index contributed by atoms with van der Waals surface area (Å²) >= 11 is 0. The van der Waals surface area contributed by atoms with Crippen LogP contribution in [0.15, 0.2) is 78.9 Å². The number of nitrogens with one attached hydrogen (secondary N) is 1. The number of hydrogen-bond acceptors (Lipinski definition) is 4. The number of carbonyl (C=O) groups is 1. The highest BCUT2D eigenvalue weighted by Gasteiger charge is 2.48. The Morgan fingerprint density at radius 1 is 0.811 bits per heavy atom. The number of ether oxygens (including phenoxy) is 1. The quantitative estimate of drug-likeness (QED) is 0.317. The highest BCUT2D eigenvalue weighted by molar-refractivity contribution is 5.92. The third kappa shape index (κ3) is 5.25. The van der Waals surface area contributed by atoms with Crippen LogP contribution in [0.3, 0.4) is 0 Å². The number of rotatable bonds is 9. The van der Waals surface area contributed by atoms with Crippen molar-refractivity contribution in [1.82, 2.24) is 0 Å². The number of carbonyl (C=O) groups excluding carboxylic acids is 1. The smallest absolute Gasteiger partial charge is 0.338 e. The Balaban J connectivity index is 1.37. The number of benzene rings is 3. The molecule has 4 bridgehead atoms. The number of hydrogen-bond donors (Lipinski definition) is 1. The average Bonchev–Trinajstić information content (AvgIpc) is 2.91. The molecule has 4 fully saturated rings. The van der Waals surface area contributed by atoms with Crippen LogP contribution in [0.4, 0.5) is 11.4 Å². The first kappa shape index (κ1) is 24.1. The van der Waals surface area contributed by atoms with Crippen LogP contribution in [0.25, 0.3) is 0 Å². The fourth-order valence-corrected chi connectivity index (χ4v) is 7.43. The van der Waals surface area contributed by atoms with Crippen LogP contribution >= 0.6 is 0 Å². The molecule has 0 unspecified atom stereocenters. The Morgan fingerprint density at radius 2 is 1.38 bits per heavy atom. The van der Waals surface area contributed by atoms with E-state index < -0.39 is 0 Å². The van der Waals surface area contributed by atoms with Crippen molar-refractivity contribution in [3.63, 3.8) is 0 Å². The minimum Gasteiger partial charge on any atom is -0.462 e. The average molecular weight is 495 g/mol. The third-order valence-corrected chi connectivity index (χ3v) is 8.83. The molecule has 0 amide bonds. The zero-order valence-corrected chi connectivity index (χ0v) is 21.8. The Hall–Kier alpha value is -3.27. The molecule has 3 aromatic carbocycles. The van der Waals surface area contributed by atoms with E-state index in [0.29, 0.717) is 18.2 Å². The molecule has 192 valence electrons. The molecule has 1 N–H and O–H groups in total. The van der Waals surface area contributed by atoms with Crippen molar-refractivity contribution >= 4 is 17.3 Å². The van der Waals surface area contributed by atoms with E-state index in [1.165, 1.54) is 43.2 Å². The number of anilines is 2. The molecule has 4 aliphatic rings. The van der Waals surface area contributed by atoms with Crippen LogP contribution in [0, 0.1) is 23.7 Å². The summed E-state index contributed by atoms with van der Waals surface area (Å²) in [5.74, 6) is 3.16. The van der Waals surface area contributed by atoms with Gasteiger partial charge < -0.3 is 15.0 Å². The van der Waals surface area contributed by atoms with E-state index in [-0.39, 0.29) is 5.97 Å². The SMILES string of the molecule is CCOC(=O)c1ccc(NC2C3CC4CC(C3)CC2C4)c(N(Cc2ccccc2)Cc2ccccc2)c1. The van der Waals surface area contributed by atoms with Gasteiger partial charge in [0.25, 0.3) is 0 Å². The molecule has 0 radical (unpaired) electrons. The van der Waals surface area contributed by atoms with Gasteiger partial charge in [0.15, 0.2) is 0 Å². The molecule has 0 aliphatic heterocycles. The molecule has 3 aromatic rings. The predicted octanol–water partition coefficient (Wildman–Crippen LogP) is 7.31. The summed E-state index contributed by atoms with van der Waals surface area (Å²) in [6.45, 7) is 3.76. The van der Waals surface area contributed by atoms with Gasteiger partial charge in [0.1, 0.15) is 0 Å². The van der Waals surface area contributed by atoms with Crippen molar-refractivity contribution in [2.45, 2.75) is 58.2 Å². The summed E-state index contributed by atoms with van der Waals surface area (Å²) in [4.78, 5) is 15.2. The monoisotopic (exact) mass is 494 g/mol. The summed E-state index contributed by atoms with van der Waals surface area (Å²) in [5, 5.41) is 4.05. The molecule has 7 rings (SSSR count). The van der Waals surface area contributed by atoms with E-state index >= 15 is 0 Å². The summed E-state index contributed by atoms with van der Waals surface area (Å²) in [6.07, 6.45) is 6.95. The van der Waals surface area contributed by atoms with Crippen molar-refractivity contribution in [2.75, 3.05) is 16.8 Å². The molecular formula is C33H38N2O2. The van der Waals surface area contributed by atoms with Gasteiger partial charge in [-0.1, -0.05) is 60.7 Å². The molecule has 4 aliphatic carbocycles. The van der Waals surface area contributed by atoms with E-state index in [1.807, 2.05) is 19.1 Å². The lowest BCUT2D eigenvalue weighted by molar-refractivity contribution is 0.00755. The maximum absolute atomic E-state index is 12.8. The van der Waals surface area contributed by atoms with E-state index in [1.54, 1.807) is 0 Å². The third-order valence-electron chi connectivity index (χ3n) is 8.83. The highest BCUT2D eigenvalue weighted by atomic mass is 16.5. The van der Waals surface area contributed by atoms with Gasteiger partial charge in [-0.3, -0.25) is 0 Å². The molecule has 0 spiro atoms. The first-order valence-corrected chi connectivity index (χ1v) is 14.1. The zero-order valence-electron chi connectivity index (χ0n) is 21.8. The minimum atomic E-state index is -0.260. The standard InChI is InChI=1S/C33H38N2O2/c1-2-37-33(36)27-13-14-30(34-32-28-16-25-15-26(18-28)19-29(32)17-25)31(20-27)35(21-23-9-5-3-6-10-23)22-24-11-7-4-8-12-24/h3-14,20,25-26,28-29,32,34H,2,15-19,21-22H2,1H3. The second-order valence-electron chi connectivity index (χ2n) is 11.4. The molecule has 4 nitrogen and oxygen atoms in total. The maximum atomic E-state index is 12.8. The molecule has 0 aromatic heterocycles. The molecule has 37 heavy (non-hydrogen) atoms. The second kappa shape index (κ2) is 10.6. The summed E-state index contributed by atoms with van der Waals surface area (Å²) in [7, 11) is 0. The Bertz CT molecular complexity index is 1140. The van der Waals surface area contributed by atoms with Gasteiger partial charge in [-0.15, -0.1) is 0 Å². The van der Waals surface area contributed by atoms with E-state index in [9.17, 15) is 4.79 Å². The van der Waals surface area contributed by atoms with Crippen molar-refractivity contribution in [1.29, 1.82) is 0 Å². The minimum absolute atomic E-state index is 0.260. The molecule has 4 saturated carbocycles. The topological polar surface area (TPSA) is 41.6 Å². The van der Waals surface area contributed by atoms with Gasteiger partial charge >= 0.3 is 5.97 Å². The van der Waals surface area contributed by atoms with Gasteiger partial charge in [-0.25, -0.2) is 4.79 Å². The van der Waals surface area contributed by atoms with E-state index in [4.69, 9.17) is 4.74 Å². The molecular weight excluding hydrogens is 456 g/mol. The van der Waals surface area contributed by atoms with Gasteiger partial charge in [0.2, 0.25) is 0 Å². The lowest BCUT2D eigenvalue weighted by Crippen LogP contribution is -2.51. The van der Waals surface area contributed by atoms with Crippen LogP contribution in [0.2, 0.25) is 0 Å². The Labute approximate surface area is 221 Å². The van der Waals surface area contributed by atoms with Gasteiger partial charge in [-0.2, -0.15) is 0 Å². The van der Waals surface area contributed by atoms with Crippen molar-refractivity contribution < 1.29 is 9.53 Å². The number of esters is 1. The second-order valence-corrected chi connectivity index (χ2v) is 11.4. The molecule has 0 heterocycles. The normalized spacial score (nSPS) is 25.6. The summed E-state index contributed by atoms with van der Waals surface area (Å²) in [5.41, 5.74) is 5.32. The van der Waals surface area contributed by atoms with Crippen LogP contribution in [-0.4, -0.2) is 18.6 Å². The first-order chi connectivity index (χ1) is 18.2. The van der Waals surface area contributed by atoms with Gasteiger partial charge in [-0.05, 0) is 92.0 Å². The van der Waals surface area contributed by atoms with Crippen molar-refractivity contribution in [3.8, 4) is 0 Å². The van der Waals surface area contributed by atoms with Crippen molar-refractivity contribution in [2.24, 2.45) is 23.7 Å². The van der Waals surface area contributed by atoms with Crippen LogP contribution in [-0.2, 0) is 17.8 Å². The Morgan fingerprint density at radius 3 is 1.92 bits per heavy atom. The summed E-state index contributed by atoms with van der Waals surface area (Å²) < 4.78 is 5.39. The van der Waals surface area contributed by atoms with E-state index in [0.717, 1.165) is 48.1 Å². The predicted molar refractivity (Wildman–Crippen MR) is 150 cm³/mol. The maximum Gasteiger partial charge on any atom is 0.338 e. The first-order valence-electron chi connectivity index (χ1n) is 14.1. The van der Waals surface area contributed by atoms with Gasteiger partial charge in [0.05, 0.1) is 23.5 Å². The zero-order chi connectivity index (χ0) is 25.2. The van der Waals surface area contributed by atoms with Crippen LogP contribution in [0.5, 0.6) is 0 Å². The molecule has 0 saturated heterocycles. The Kier molecular flexibility index (Phi) is 6.91. The fourth-order valence-electron chi connectivity index (χ4n) is 7.43. The van der Waals surface area contributed by atoms with E-state index in [2.05, 4.69) is 76.9 Å². The largest absolute Gasteiger partial charge is 0.462 e. The molecule has 4 heteroatoms. The summed E-state index contributed by atoms with van der Waals surface area (Å²) in [6, 6.07) is 27.8. The molecule has 0 atom stereocenters. The van der Waals surface area contributed by atoms with Crippen molar-refractivity contribution in [3.05, 3.63) is 95.6 Å². The lowest BCUT2D eigenvalue weighted by atomic mass is 9.54.